The molecule has 0 atom stereocenters. The standard InChI is InChI=1S/C17H17N5O4/c1-9-15(23)14(16-19-21-22-20-16)13(17(24)25)12(18-9)8-5-10-3-6-11(26-2)7-4-10/h3-4,6-7,23H,5,8H2,1-2H3,(H,24,25)(H,19,20,21,22). The number of carboxylic acids is 1. The first-order valence-electron chi connectivity index (χ1n) is 7.83. The summed E-state index contributed by atoms with van der Waals surface area (Å²) in [6, 6.07) is 7.50. The number of H-pyrrole nitrogens is 1. The second kappa shape index (κ2) is 7.18. The van der Waals surface area contributed by atoms with Gasteiger partial charge in [-0.25, -0.2) is 4.79 Å². The molecule has 0 fully saturated rings. The van der Waals surface area contributed by atoms with Gasteiger partial charge >= 0.3 is 5.97 Å². The number of carbonyl (C=O) groups is 1. The lowest BCUT2D eigenvalue weighted by Crippen LogP contribution is -2.11. The molecule has 0 radical (unpaired) electrons. The average Bonchev–Trinajstić information content (AvgIpc) is 3.16. The van der Waals surface area contributed by atoms with Crippen LogP contribution < -0.4 is 4.74 Å². The molecule has 0 unspecified atom stereocenters. The van der Waals surface area contributed by atoms with Crippen LogP contribution in [-0.4, -0.2) is 48.9 Å². The number of aromatic carboxylic acids is 1. The second-order valence-corrected chi connectivity index (χ2v) is 5.63. The van der Waals surface area contributed by atoms with Gasteiger partial charge in [0, 0.05) is 0 Å². The highest BCUT2D eigenvalue weighted by Crippen LogP contribution is 2.34. The zero-order valence-corrected chi connectivity index (χ0v) is 14.2. The number of aromatic nitrogens is 5. The van der Waals surface area contributed by atoms with Gasteiger partial charge in [0.2, 0.25) is 5.82 Å². The Hall–Kier alpha value is -3.49. The first-order chi connectivity index (χ1) is 12.5. The summed E-state index contributed by atoms with van der Waals surface area (Å²) >= 11 is 0. The second-order valence-electron chi connectivity index (χ2n) is 5.63. The van der Waals surface area contributed by atoms with Gasteiger partial charge in [-0.3, -0.25) is 4.98 Å². The summed E-state index contributed by atoms with van der Waals surface area (Å²) in [5.74, 6) is -0.719. The van der Waals surface area contributed by atoms with Gasteiger partial charge in [-0.1, -0.05) is 12.1 Å². The zero-order chi connectivity index (χ0) is 18.7. The van der Waals surface area contributed by atoms with Crippen molar-refractivity contribution in [2.45, 2.75) is 19.8 Å². The van der Waals surface area contributed by atoms with Gasteiger partial charge in [0.1, 0.15) is 11.5 Å². The number of nitrogens with one attached hydrogen (secondary N) is 1. The molecule has 0 saturated carbocycles. The molecule has 0 aliphatic carbocycles. The maximum absolute atomic E-state index is 11.8. The first-order valence-corrected chi connectivity index (χ1v) is 7.83. The quantitative estimate of drug-likeness (QED) is 0.609. The topological polar surface area (TPSA) is 134 Å². The maximum atomic E-state index is 11.8. The van der Waals surface area contributed by atoms with E-state index in [-0.39, 0.29) is 22.7 Å². The molecular formula is C17H17N5O4. The van der Waals surface area contributed by atoms with Crippen LogP contribution in [0.4, 0.5) is 0 Å². The van der Waals surface area contributed by atoms with Crippen molar-refractivity contribution in [2.75, 3.05) is 7.11 Å². The third kappa shape index (κ3) is 3.32. The zero-order valence-electron chi connectivity index (χ0n) is 14.2. The van der Waals surface area contributed by atoms with Crippen LogP contribution in [0.1, 0.15) is 27.3 Å². The number of tetrazole rings is 1. The average molecular weight is 355 g/mol. The predicted octanol–water partition coefficient (Wildman–Crippen LogP) is 1.77. The van der Waals surface area contributed by atoms with Gasteiger partial charge in [-0.2, -0.15) is 5.21 Å². The van der Waals surface area contributed by atoms with E-state index in [0.29, 0.717) is 24.2 Å². The molecule has 3 rings (SSSR count). The molecule has 0 aliphatic rings. The van der Waals surface area contributed by atoms with Gasteiger partial charge in [-0.05, 0) is 42.7 Å². The maximum Gasteiger partial charge on any atom is 0.338 e. The van der Waals surface area contributed by atoms with Gasteiger partial charge in [0.15, 0.2) is 0 Å². The van der Waals surface area contributed by atoms with Crippen molar-refractivity contribution in [3.05, 3.63) is 46.8 Å². The lowest BCUT2D eigenvalue weighted by atomic mass is 9.98. The summed E-state index contributed by atoms with van der Waals surface area (Å²) < 4.78 is 5.13. The van der Waals surface area contributed by atoms with E-state index in [1.54, 1.807) is 14.0 Å². The SMILES string of the molecule is COc1ccc(CCc2nc(C)c(O)c(-c3nn[nH]n3)c2C(=O)O)cc1. The number of hydrogen-bond acceptors (Lipinski definition) is 7. The fourth-order valence-electron chi connectivity index (χ4n) is 2.71. The number of benzene rings is 1. The van der Waals surface area contributed by atoms with E-state index >= 15 is 0 Å². The molecule has 3 aromatic rings. The van der Waals surface area contributed by atoms with Crippen LogP contribution in [0.25, 0.3) is 11.4 Å². The van der Waals surface area contributed by atoms with E-state index in [1.807, 2.05) is 24.3 Å². The third-order valence-corrected chi connectivity index (χ3v) is 4.01. The van der Waals surface area contributed by atoms with Crippen LogP contribution in [0.2, 0.25) is 0 Å². The van der Waals surface area contributed by atoms with Crippen LogP contribution in [0.3, 0.4) is 0 Å². The van der Waals surface area contributed by atoms with Crippen molar-refractivity contribution < 1.29 is 19.7 Å². The van der Waals surface area contributed by atoms with Crippen molar-refractivity contribution in [3.8, 4) is 22.9 Å². The molecule has 1 aromatic carbocycles. The predicted molar refractivity (Wildman–Crippen MR) is 91.2 cm³/mol. The summed E-state index contributed by atoms with van der Waals surface area (Å²) in [6.07, 6.45) is 0.951. The van der Waals surface area contributed by atoms with Crippen LogP contribution in [0, 0.1) is 6.92 Å². The Labute approximate surface area is 148 Å². The molecule has 0 spiro atoms. The normalized spacial score (nSPS) is 10.7. The Morgan fingerprint density at radius 1 is 1.23 bits per heavy atom. The number of aromatic amines is 1. The minimum absolute atomic E-state index is 0.0103. The Morgan fingerprint density at radius 2 is 1.96 bits per heavy atom. The largest absolute Gasteiger partial charge is 0.505 e. The molecular weight excluding hydrogens is 338 g/mol. The van der Waals surface area contributed by atoms with E-state index in [0.717, 1.165) is 11.3 Å². The minimum Gasteiger partial charge on any atom is -0.505 e. The molecule has 9 heteroatoms. The van der Waals surface area contributed by atoms with E-state index in [1.165, 1.54) is 0 Å². The highest BCUT2D eigenvalue weighted by atomic mass is 16.5. The molecule has 3 N–H and O–H groups in total. The summed E-state index contributed by atoms with van der Waals surface area (Å²) in [6.45, 7) is 1.60. The summed E-state index contributed by atoms with van der Waals surface area (Å²) in [5.41, 5.74) is 1.56. The van der Waals surface area contributed by atoms with Crippen LogP contribution >= 0.6 is 0 Å². The summed E-state index contributed by atoms with van der Waals surface area (Å²) in [5, 5.41) is 33.3. The smallest absolute Gasteiger partial charge is 0.338 e. The van der Waals surface area contributed by atoms with Crippen molar-refractivity contribution in [1.82, 2.24) is 25.6 Å². The molecule has 134 valence electrons. The fourth-order valence-corrected chi connectivity index (χ4v) is 2.71. The Balaban J connectivity index is 1.99. The van der Waals surface area contributed by atoms with E-state index < -0.39 is 5.97 Å². The Morgan fingerprint density at radius 3 is 2.54 bits per heavy atom. The number of carboxylic acid groups (broad SMARTS) is 1. The van der Waals surface area contributed by atoms with Crippen molar-refractivity contribution >= 4 is 5.97 Å². The highest BCUT2D eigenvalue weighted by Gasteiger charge is 2.26. The molecule has 0 bridgehead atoms. The molecule has 9 nitrogen and oxygen atoms in total. The minimum atomic E-state index is -1.21. The van der Waals surface area contributed by atoms with Crippen LogP contribution in [-0.2, 0) is 12.8 Å². The lowest BCUT2D eigenvalue weighted by Gasteiger charge is -2.13. The molecule has 2 heterocycles. The van der Waals surface area contributed by atoms with Crippen molar-refractivity contribution in [3.63, 3.8) is 0 Å². The summed E-state index contributed by atoms with van der Waals surface area (Å²) in [7, 11) is 1.59. The molecule has 0 aliphatic heterocycles. The Kier molecular flexibility index (Phi) is 4.78. The monoisotopic (exact) mass is 355 g/mol. The van der Waals surface area contributed by atoms with Gasteiger partial charge in [-0.15, -0.1) is 10.2 Å². The summed E-state index contributed by atoms with van der Waals surface area (Å²) in [4.78, 5) is 16.1. The van der Waals surface area contributed by atoms with Gasteiger partial charge < -0.3 is 14.9 Å². The first kappa shape index (κ1) is 17.3. The lowest BCUT2D eigenvalue weighted by molar-refractivity contribution is 0.0695. The number of methoxy groups -OCH3 is 1. The number of pyridine rings is 1. The van der Waals surface area contributed by atoms with Gasteiger partial charge in [0.05, 0.1) is 29.6 Å². The van der Waals surface area contributed by atoms with Gasteiger partial charge in [0.25, 0.3) is 0 Å². The van der Waals surface area contributed by atoms with E-state index in [9.17, 15) is 15.0 Å². The number of aryl methyl sites for hydroxylation is 3. The fraction of sp³-hybridized carbons (Fsp3) is 0.235. The third-order valence-electron chi connectivity index (χ3n) is 4.01. The Bertz CT molecular complexity index is 923. The number of rotatable bonds is 6. The van der Waals surface area contributed by atoms with E-state index in [4.69, 9.17) is 4.74 Å². The number of ether oxygens (including phenoxy) is 1. The van der Waals surface area contributed by atoms with Crippen LogP contribution in [0.5, 0.6) is 11.5 Å². The molecule has 26 heavy (non-hydrogen) atoms. The molecule has 0 amide bonds. The highest BCUT2D eigenvalue weighted by molar-refractivity contribution is 5.98. The number of hydrogen-bond donors (Lipinski definition) is 3. The number of aromatic hydroxyl groups is 1. The van der Waals surface area contributed by atoms with Crippen molar-refractivity contribution in [1.29, 1.82) is 0 Å². The van der Waals surface area contributed by atoms with Crippen molar-refractivity contribution in [2.24, 2.45) is 0 Å². The van der Waals surface area contributed by atoms with E-state index in [2.05, 4.69) is 25.6 Å². The van der Waals surface area contributed by atoms with Crippen LogP contribution in [0.15, 0.2) is 24.3 Å². The molecule has 0 saturated heterocycles. The molecule has 2 aromatic heterocycles. The number of nitrogens with zero attached hydrogens (tertiary/aromatic N) is 4.